The standard InChI is InChI=1S/C25H21ClN2O3/c1-30-18-7-4-6-16(14-18)17-11-12-23-21(15-17)27-24(31-23)22-10-5-13-28(22)25(29)19-8-2-3-9-20(19)26/h2-4,6-9,11-12,14-15,22H,5,10,13H2,1H3/t22-/m1/s1. The van der Waals surface area contributed by atoms with E-state index in [4.69, 9.17) is 25.7 Å². The first-order chi connectivity index (χ1) is 15.1. The van der Waals surface area contributed by atoms with Crippen molar-refractivity contribution in [1.82, 2.24) is 9.88 Å². The molecule has 0 N–H and O–H groups in total. The Morgan fingerprint density at radius 2 is 1.94 bits per heavy atom. The van der Waals surface area contributed by atoms with E-state index in [0.29, 0.717) is 28.6 Å². The Morgan fingerprint density at radius 3 is 2.77 bits per heavy atom. The maximum absolute atomic E-state index is 13.1. The van der Waals surface area contributed by atoms with Crippen molar-refractivity contribution in [1.29, 1.82) is 0 Å². The summed E-state index contributed by atoms with van der Waals surface area (Å²) in [5, 5.41) is 0.457. The van der Waals surface area contributed by atoms with E-state index in [-0.39, 0.29) is 11.9 Å². The number of ether oxygens (including phenoxy) is 1. The van der Waals surface area contributed by atoms with Crippen molar-refractivity contribution in [3.8, 4) is 16.9 Å². The zero-order valence-electron chi connectivity index (χ0n) is 17.0. The third kappa shape index (κ3) is 3.66. The lowest BCUT2D eigenvalue weighted by molar-refractivity contribution is 0.0717. The van der Waals surface area contributed by atoms with Gasteiger partial charge in [0.15, 0.2) is 5.58 Å². The maximum Gasteiger partial charge on any atom is 0.256 e. The van der Waals surface area contributed by atoms with Crippen LogP contribution in [0.3, 0.4) is 0 Å². The molecule has 1 atom stereocenters. The number of aromatic nitrogens is 1. The van der Waals surface area contributed by atoms with Crippen LogP contribution in [0.2, 0.25) is 5.02 Å². The van der Waals surface area contributed by atoms with Gasteiger partial charge in [-0.25, -0.2) is 4.98 Å². The van der Waals surface area contributed by atoms with E-state index in [1.807, 2.05) is 59.5 Å². The summed E-state index contributed by atoms with van der Waals surface area (Å²) < 4.78 is 11.4. The van der Waals surface area contributed by atoms with Gasteiger partial charge in [0.25, 0.3) is 5.91 Å². The number of carbonyl (C=O) groups excluding carboxylic acids is 1. The molecule has 0 unspecified atom stereocenters. The van der Waals surface area contributed by atoms with Crippen LogP contribution in [0.4, 0.5) is 0 Å². The first-order valence-electron chi connectivity index (χ1n) is 10.2. The molecule has 6 heteroatoms. The molecule has 1 aliphatic rings. The van der Waals surface area contributed by atoms with Crippen molar-refractivity contribution in [2.45, 2.75) is 18.9 Å². The number of benzene rings is 3. The number of amides is 1. The van der Waals surface area contributed by atoms with Crippen LogP contribution in [-0.4, -0.2) is 29.4 Å². The van der Waals surface area contributed by atoms with E-state index in [0.717, 1.165) is 35.2 Å². The number of hydrogen-bond donors (Lipinski definition) is 0. The molecule has 5 nitrogen and oxygen atoms in total. The minimum absolute atomic E-state index is 0.0903. The summed E-state index contributed by atoms with van der Waals surface area (Å²) in [4.78, 5) is 19.7. The van der Waals surface area contributed by atoms with Crippen LogP contribution in [0.1, 0.15) is 35.1 Å². The lowest BCUT2D eigenvalue weighted by atomic mass is 10.1. The van der Waals surface area contributed by atoms with Gasteiger partial charge in [-0.3, -0.25) is 4.79 Å². The van der Waals surface area contributed by atoms with E-state index in [1.165, 1.54) is 0 Å². The highest BCUT2D eigenvalue weighted by Crippen LogP contribution is 2.36. The number of methoxy groups -OCH3 is 1. The average Bonchev–Trinajstić information content (AvgIpc) is 3.45. The predicted molar refractivity (Wildman–Crippen MR) is 120 cm³/mol. The van der Waals surface area contributed by atoms with Gasteiger partial charge in [-0.05, 0) is 60.4 Å². The Hall–Kier alpha value is -3.31. The van der Waals surface area contributed by atoms with Gasteiger partial charge in [-0.15, -0.1) is 0 Å². The van der Waals surface area contributed by atoms with Crippen molar-refractivity contribution >= 4 is 28.6 Å². The number of rotatable bonds is 4. The van der Waals surface area contributed by atoms with Crippen LogP contribution in [-0.2, 0) is 0 Å². The second kappa shape index (κ2) is 8.08. The third-order valence-corrected chi connectivity index (χ3v) is 6.04. The molecule has 0 spiro atoms. The number of fused-ring (bicyclic) bond motifs is 1. The van der Waals surface area contributed by atoms with Crippen molar-refractivity contribution in [3.63, 3.8) is 0 Å². The molecular weight excluding hydrogens is 412 g/mol. The molecule has 0 bridgehead atoms. The zero-order valence-corrected chi connectivity index (χ0v) is 17.8. The number of oxazole rings is 1. The van der Waals surface area contributed by atoms with Crippen molar-refractivity contribution < 1.29 is 13.9 Å². The second-order valence-corrected chi connectivity index (χ2v) is 8.01. The van der Waals surface area contributed by atoms with E-state index in [9.17, 15) is 4.79 Å². The van der Waals surface area contributed by atoms with Gasteiger partial charge in [0.05, 0.1) is 17.7 Å². The average molecular weight is 433 g/mol. The van der Waals surface area contributed by atoms with E-state index < -0.39 is 0 Å². The highest BCUT2D eigenvalue weighted by molar-refractivity contribution is 6.33. The van der Waals surface area contributed by atoms with E-state index in [1.54, 1.807) is 19.2 Å². The highest BCUT2D eigenvalue weighted by Gasteiger charge is 2.34. The minimum Gasteiger partial charge on any atom is -0.497 e. The number of halogens is 1. The van der Waals surface area contributed by atoms with Crippen molar-refractivity contribution in [2.75, 3.05) is 13.7 Å². The summed E-state index contributed by atoms with van der Waals surface area (Å²) in [6, 6.07) is 20.8. The van der Waals surface area contributed by atoms with E-state index in [2.05, 4.69) is 0 Å². The fourth-order valence-electron chi connectivity index (χ4n) is 4.13. The van der Waals surface area contributed by atoms with Crippen molar-refractivity contribution in [3.05, 3.63) is 83.2 Å². The Kier molecular flexibility index (Phi) is 5.12. The minimum atomic E-state index is -0.198. The largest absolute Gasteiger partial charge is 0.497 e. The molecular formula is C25H21ClN2O3. The Labute approximate surface area is 185 Å². The van der Waals surface area contributed by atoms with Crippen LogP contribution in [0.25, 0.3) is 22.2 Å². The smallest absolute Gasteiger partial charge is 0.256 e. The van der Waals surface area contributed by atoms with Gasteiger partial charge >= 0.3 is 0 Å². The van der Waals surface area contributed by atoms with Gasteiger partial charge in [0.1, 0.15) is 17.3 Å². The molecule has 1 aliphatic heterocycles. The Morgan fingerprint density at radius 1 is 1.10 bits per heavy atom. The fraction of sp³-hybridized carbons (Fsp3) is 0.200. The molecule has 0 saturated carbocycles. The Bertz CT molecular complexity index is 1270. The van der Waals surface area contributed by atoms with Crippen LogP contribution in [0, 0.1) is 0 Å². The van der Waals surface area contributed by atoms with Gasteiger partial charge in [0.2, 0.25) is 5.89 Å². The number of nitrogens with zero attached hydrogens (tertiary/aromatic N) is 2. The van der Waals surface area contributed by atoms with Gasteiger partial charge in [-0.1, -0.05) is 41.9 Å². The predicted octanol–water partition coefficient (Wildman–Crippen LogP) is 6.13. The lowest BCUT2D eigenvalue weighted by Gasteiger charge is -2.22. The maximum atomic E-state index is 13.1. The summed E-state index contributed by atoms with van der Waals surface area (Å²) in [5.41, 5.74) is 4.06. The van der Waals surface area contributed by atoms with Gasteiger partial charge < -0.3 is 14.1 Å². The third-order valence-electron chi connectivity index (χ3n) is 5.71. The second-order valence-electron chi connectivity index (χ2n) is 7.60. The molecule has 1 fully saturated rings. The molecule has 3 aromatic carbocycles. The van der Waals surface area contributed by atoms with Crippen molar-refractivity contribution in [2.24, 2.45) is 0 Å². The molecule has 1 aromatic heterocycles. The summed E-state index contributed by atoms with van der Waals surface area (Å²) in [6.07, 6.45) is 1.71. The quantitative estimate of drug-likeness (QED) is 0.389. The van der Waals surface area contributed by atoms with Crippen LogP contribution >= 0.6 is 11.6 Å². The molecule has 156 valence electrons. The molecule has 4 aromatic rings. The lowest BCUT2D eigenvalue weighted by Crippen LogP contribution is -2.30. The molecule has 1 saturated heterocycles. The zero-order chi connectivity index (χ0) is 21.4. The summed E-state index contributed by atoms with van der Waals surface area (Å²) in [6.45, 7) is 0.655. The number of carbonyl (C=O) groups is 1. The fourth-order valence-corrected chi connectivity index (χ4v) is 4.34. The Balaban J connectivity index is 1.47. The monoisotopic (exact) mass is 432 g/mol. The molecule has 0 radical (unpaired) electrons. The summed E-state index contributed by atoms with van der Waals surface area (Å²) in [7, 11) is 1.66. The molecule has 31 heavy (non-hydrogen) atoms. The van der Waals surface area contributed by atoms with Gasteiger partial charge in [0, 0.05) is 6.54 Å². The molecule has 5 rings (SSSR count). The van der Waals surface area contributed by atoms with Gasteiger partial charge in [-0.2, -0.15) is 0 Å². The number of likely N-dealkylation sites (tertiary alicyclic amines) is 1. The molecule has 1 amide bonds. The highest BCUT2D eigenvalue weighted by atomic mass is 35.5. The first kappa shape index (κ1) is 19.6. The van der Waals surface area contributed by atoms with Crippen LogP contribution in [0.5, 0.6) is 5.75 Å². The molecule has 0 aliphatic carbocycles. The summed E-state index contributed by atoms with van der Waals surface area (Å²) >= 11 is 6.26. The summed E-state index contributed by atoms with van der Waals surface area (Å²) in [5.74, 6) is 1.28. The van der Waals surface area contributed by atoms with Crippen LogP contribution < -0.4 is 4.74 Å². The normalized spacial score (nSPS) is 16.1. The SMILES string of the molecule is COc1cccc(-c2ccc3oc([C@H]4CCCN4C(=O)c4ccccc4Cl)nc3c2)c1. The first-order valence-corrected chi connectivity index (χ1v) is 10.6. The number of hydrogen-bond acceptors (Lipinski definition) is 4. The molecule has 2 heterocycles. The topological polar surface area (TPSA) is 55.6 Å². The van der Waals surface area contributed by atoms with E-state index >= 15 is 0 Å². The van der Waals surface area contributed by atoms with Crippen LogP contribution in [0.15, 0.2) is 71.1 Å².